The Hall–Kier alpha value is -2.42. The summed E-state index contributed by atoms with van der Waals surface area (Å²) in [6.45, 7) is 2.04. The van der Waals surface area contributed by atoms with Gasteiger partial charge >= 0.3 is 5.97 Å². The second-order valence-corrected chi connectivity index (χ2v) is 5.52. The molecule has 0 aliphatic carbocycles. The van der Waals surface area contributed by atoms with Crippen molar-refractivity contribution < 1.29 is 14.3 Å². The number of Topliss-reactive ketones (excluding diaryl/α,β-unsaturated/α-hetero) is 1. The second-order valence-electron chi connectivity index (χ2n) is 5.52. The molecular weight excluding hydrogens is 288 g/mol. The number of hydrogen-bond acceptors (Lipinski definition) is 3. The normalized spacial score (nSPS) is 10.5. The zero-order chi connectivity index (χ0) is 16.5. The van der Waals surface area contributed by atoms with Gasteiger partial charge in [-0.2, -0.15) is 0 Å². The van der Waals surface area contributed by atoms with Gasteiger partial charge in [-0.15, -0.1) is 0 Å². The van der Waals surface area contributed by atoms with Crippen molar-refractivity contribution >= 4 is 11.8 Å². The van der Waals surface area contributed by atoms with Crippen molar-refractivity contribution in [1.29, 1.82) is 0 Å². The summed E-state index contributed by atoms with van der Waals surface area (Å²) in [4.78, 5) is 24.2. The summed E-state index contributed by atoms with van der Waals surface area (Å²) in [6.07, 6.45) is 1.11. The zero-order valence-electron chi connectivity index (χ0n) is 13.4. The number of carbonyl (C=O) groups excluding carboxylic acids is 2. The van der Waals surface area contributed by atoms with Crippen LogP contribution in [0.15, 0.2) is 60.7 Å². The summed E-state index contributed by atoms with van der Waals surface area (Å²) < 4.78 is 4.90. The summed E-state index contributed by atoms with van der Waals surface area (Å²) in [7, 11) is 0. The van der Waals surface area contributed by atoms with Crippen LogP contribution in [0, 0.1) is 5.92 Å². The molecule has 2 rings (SSSR count). The first kappa shape index (κ1) is 16.9. The van der Waals surface area contributed by atoms with Crippen LogP contribution in [0.3, 0.4) is 0 Å². The molecule has 0 bridgehead atoms. The third-order valence-electron chi connectivity index (χ3n) is 3.73. The largest absolute Gasteiger partial charge is 0.466 e. The van der Waals surface area contributed by atoms with E-state index in [1.54, 1.807) is 6.92 Å². The van der Waals surface area contributed by atoms with Gasteiger partial charge in [0.25, 0.3) is 0 Å². The topological polar surface area (TPSA) is 43.4 Å². The van der Waals surface area contributed by atoms with Gasteiger partial charge in [0.05, 0.1) is 6.61 Å². The van der Waals surface area contributed by atoms with E-state index in [0.717, 1.165) is 11.1 Å². The number of ether oxygens (including phenoxy) is 1. The van der Waals surface area contributed by atoms with Gasteiger partial charge in [-0.05, 0) is 30.9 Å². The minimum absolute atomic E-state index is 0.0591. The fourth-order valence-corrected chi connectivity index (χ4v) is 2.60. The summed E-state index contributed by atoms with van der Waals surface area (Å²) in [5.74, 6) is -0.719. The van der Waals surface area contributed by atoms with Crippen molar-refractivity contribution in [3.05, 3.63) is 71.8 Å². The first-order chi connectivity index (χ1) is 11.2. The lowest BCUT2D eigenvalue weighted by molar-refractivity contribution is -0.146. The molecule has 0 unspecified atom stereocenters. The Morgan fingerprint density at radius 3 is 1.78 bits per heavy atom. The van der Waals surface area contributed by atoms with Crippen molar-refractivity contribution in [3.63, 3.8) is 0 Å². The van der Waals surface area contributed by atoms with Gasteiger partial charge < -0.3 is 4.74 Å². The maximum Gasteiger partial charge on any atom is 0.313 e. The maximum absolute atomic E-state index is 12.5. The summed E-state index contributed by atoms with van der Waals surface area (Å²) in [6, 6.07) is 19.8. The van der Waals surface area contributed by atoms with E-state index in [1.165, 1.54) is 0 Å². The minimum Gasteiger partial charge on any atom is -0.466 e. The van der Waals surface area contributed by atoms with Crippen LogP contribution in [0.2, 0.25) is 0 Å². The van der Waals surface area contributed by atoms with Crippen LogP contribution in [0.4, 0.5) is 0 Å². The monoisotopic (exact) mass is 310 g/mol. The number of benzene rings is 2. The van der Waals surface area contributed by atoms with E-state index in [0.29, 0.717) is 19.4 Å². The number of esters is 1. The third kappa shape index (κ3) is 5.70. The smallest absolute Gasteiger partial charge is 0.313 e. The van der Waals surface area contributed by atoms with Crippen LogP contribution in [-0.4, -0.2) is 18.4 Å². The average molecular weight is 310 g/mol. The lowest BCUT2D eigenvalue weighted by Gasteiger charge is -2.16. The van der Waals surface area contributed by atoms with E-state index in [9.17, 15) is 9.59 Å². The van der Waals surface area contributed by atoms with Gasteiger partial charge in [-0.25, -0.2) is 0 Å². The molecule has 0 aliphatic heterocycles. The quantitative estimate of drug-likeness (QED) is 0.552. The van der Waals surface area contributed by atoms with Crippen molar-refractivity contribution in [1.82, 2.24) is 0 Å². The number of carbonyl (C=O) groups is 2. The molecule has 0 fully saturated rings. The molecular formula is C20H22O3. The molecule has 0 spiro atoms. The first-order valence-electron chi connectivity index (χ1n) is 7.95. The van der Waals surface area contributed by atoms with Gasteiger partial charge in [0.1, 0.15) is 12.2 Å². The molecule has 0 saturated carbocycles. The van der Waals surface area contributed by atoms with E-state index in [4.69, 9.17) is 4.74 Å². The number of rotatable bonds is 8. The van der Waals surface area contributed by atoms with Crippen LogP contribution in [-0.2, 0) is 27.2 Å². The standard InChI is InChI=1S/C20H22O3/c1-2-23-20(22)15-19(21)18(13-16-9-5-3-6-10-16)14-17-11-7-4-8-12-17/h3-12,18H,2,13-15H2,1H3. The van der Waals surface area contributed by atoms with Gasteiger partial charge in [0.2, 0.25) is 0 Å². The second kappa shape index (κ2) is 8.89. The van der Waals surface area contributed by atoms with Crippen LogP contribution >= 0.6 is 0 Å². The molecule has 0 saturated heterocycles. The predicted molar refractivity (Wildman–Crippen MR) is 90.0 cm³/mol. The van der Waals surface area contributed by atoms with Crippen molar-refractivity contribution in [3.8, 4) is 0 Å². The van der Waals surface area contributed by atoms with Crippen LogP contribution in [0.5, 0.6) is 0 Å². The molecule has 3 heteroatoms. The summed E-state index contributed by atoms with van der Waals surface area (Å²) in [5, 5.41) is 0. The van der Waals surface area contributed by atoms with E-state index in [1.807, 2.05) is 60.7 Å². The highest BCUT2D eigenvalue weighted by Gasteiger charge is 2.22. The Kier molecular flexibility index (Phi) is 6.55. The average Bonchev–Trinajstić information content (AvgIpc) is 2.56. The van der Waals surface area contributed by atoms with Crippen molar-refractivity contribution in [2.75, 3.05) is 6.61 Å². The zero-order valence-corrected chi connectivity index (χ0v) is 13.4. The SMILES string of the molecule is CCOC(=O)CC(=O)C(Cc1ccccc1)Cc1ccccc1. The molecule has 2 aromatic rings. The first-order valence-corrected chi connectivity index (χ1v) is 7.95. The minimum atomic E-state index is -0.441. The molecule has 0 aromatic heterocycles. The summed E-state index contributed by atoms with van der Waals surface area (Å²) in [5.41, 5.74) is 2.20. The van der Waals surface area contributed by atoms with Crippen molar-refractivity contribution in [2.24, 2.45) is 5.92 Å². The number of ketones is 1. The highest BCUT2D eigenvalue weighted by Crippen LogP contribution is 2.17. The van der Waals surface area contributed by atoms with Gasteiger partial charge in [-0.1, -0.05) is 60.7 Å². The predicted octanol–water partition coefficient (Wildman–Crippen LogP) is 3.61. The molecule has 0 atom stereocenters. The molecule has 0 heterocycles. The lowest BCUT2D eigenvalue weighted by Crippen LogP contribution is -2.23. The van der Waals surface area contributed by atoms with E-state index in [-0.39, 0.29) is 18.1 Å². The van der Waals surface area contributed by atoms with Gasteiger partial charge in [-0.3, -0.25) is 9.59 Å². The van der Waals surface area contributed by atoms with E-state index in [2.05, 4.69) is 0 Å². The van der Waals surface area contributed by atoms with E-state index < -0.39 is 5.97 Å². The van der Waals surface area contributed by atoms with Crippen molar-refractivity contribution in [2.45, 2.75) is 26.2 Å². The molecule has 0 aliphatic rings. The molecule has 120 valence electrons. The molecule has 23 heavy (non-hydrogen) atoms. The fourth-order valence-electron chi connectivity index (χ4n) is 2.60. The maximum atomic E-state index is 12.5. The molecule has 0 N–H and O–H groups in total. The Morgan fingerprint density at radius 2 is 1.35 bits per heavy atom. The Bertz CT molecular complexity index is 578. The van der Waals surface area contributed by atoms with E-state index >= 15 is 0 Å². The fraction of sp³-hybridized carbons (Fsp3) is 0.300. The molecule has 0 amide bonds. The number of hydrogen-bond donors (Lipinski definition) is 0. The molecule has 2 aromatic carbocycles. The van der Waals surface area contributed by atoms with Gasteiger partial charge in [0, 0.05) is 5.92 Å². The van der Waals surface area contributed by atoms with Crippen LogP contribution < -0.4 is 0 Å². The van der Waals surface area contributed by atoms with Gasteiger partial charge in [0.15, 0.2) is 0 Å². The Labute approximate surface area is 137 Å². The lowest BCUT2D eigenvalue weighted by atomic mass is 9.88. The third-order valence-corrected chi connectivity index (χ3v) is 3.73. The molecule has 3 nitrogen and oxygen atoms in total. The van der Waals surface area contributed by atoms with Crippen LogP contribution in [0.25, 0.3) is 0 Å². The Morgan fingerprint density at radius 1 is 0.870 bits per heavy atom. The highest BCUT2D eigenvalue weighted by atomic mass is 16.5. The molecule has 0 radical (unpaired) electrons. The highest BCUT2D eigenvalue weighted by molar-refractivity contribution is 5.97. The Balaban J connectivity index is 2.10. The summed E-state index contributed by atoms with van der Waals surface area (Å²) >= 11 is 0. The van der Waals surface area contributed by atoms with Crippen LogP contribution in [0.1, 0.15) is 24.5 Å².